The summed E-state index contributed by atoms with van der Waals surface area (Å²) in [5, 5.41) is 0. The zero-order valence-corrected chi connectivity index (χ0v) is 12.1. The summed E-state index contributed by atoms with van der Waals surface area (Å²) < 4.78 is 20.7. The zero-order chi connectivity index (χ0) is 13.9. The highest BCUT2D eigenvalue weighted by Crippen LogP contribution is 2.21. The van der Waals surface area contributed by atoms with E-state index in [4.69, 9.17) is 4.42 Å². The van der Waals surface area contributed by atoms with Crippen LogP contribution in [0.5, 0.6) is 0 Å². The van der Waals surface area contributed by atoms with E-state index in [1.807, 2.05) is 51.1 Å². The number of rotatable bonds is 3. The van der Waals surface area contributed by atoms with Gasteiger partial charge in [-0.15, -0.1) is 0 Å². The highest BCUT2D eigenvalue weighted by atomic mass is 32.2. The van der Waals surface area contributed by atoms with Crippen molar-refractivity contribution in [2.45, 2.75) is 25.5 Å². The fourth-order valence-corrected chi connectivity index (χ4v) is 2.03. The number of nitrogens with zero attached hydrogens (tertiary/aromatic N) is 1. The monoisotopic (exact) mass is 275 g/mol. The Labute approximate surface area is 116 Å². The molecule has 2 rings (SSSR count). The van der Waals surface area contributed by atoms with Crippen LogP contribution in [0.2, 0.25) is 0 Å². The fourth-order valence-electron chi connectivity index (χ4n) is 1.49. The lowest BCUT2D eigenvalue weighted by atomic mass is 10.1. The molecule has 0 N–H and O–H groups in total. The van der Waals surface area contributed by atoms with E-state index in [0.29, 0.717) is 0 Å². The van der Waals surface area contributed by atoms with Gasteiger partial charge in [0.25, 0.3) is 0 Å². The van der Waals surface area contributed by atoms with Crippen LogP contribution in [0.3, 0.4) is 0 Å². The third-order valence-electron chi connectivity index (χ3n) is 2.56. The van der Waals surface area contributed by atoms with Crippen LogP contribution in [0.15, 0.2) is 51.7 Å². The number of hydrogen-bond donors (Lipinski definition) is 0. The largest absolute Gasteiger partial charge is 0.591 e. The van der Waals surface area contributed by atoms with Crippen LogP contribution in [0.1, 0.15) is 26.3 Å². The van der Waals surface area contributed by atoms with Gasteiger partial charge in [0.1, 0.15) is 16.1 Å². The molecule has 0 amide bonds. The van der Waals surface area contributed by atoms with Gasteiger partial charge in [0.05, 0.1) is 18.7 Å². The quantitative estimate of drug-likeness (QED) is 0.631. The molecule has 1 heterocycles. The van der Waals surface area contributed by atoms with Gasteiger partial charge in [0.15, 0.2) is 0 Å². The van der Waals surface area contributed by atoms with E-state index in [0.717, 1.165) is 16.7 Å². The fraction of sp³-hybridized carbons (Fsp3) is 0.267. The van der Waals surface area contributed by atoms with Gasteiger partial charge in [-0.2, -0.15) is 0 Å². The summed E-state index contributed by atoms with van der Waals surface area (Å²) in [7, 11) is 0. The molecule has 1 atom stereocenters. The van der Waals surface area contributed by atoms with Crippen molar-refractivity contribution >= 4 is 17.6 Å². The summed E-state index contributed by atoms with van der Waals surface area (Å²) in [4.78, 5) is 0. The molecule has 0 aliphatic carbocycles. The van der Waals surface area contributed by atoms with Gasteiger partial charge in [0.2, 0.25) is 0 Å². The molecule has 0 spiro atoms. The van der Waals surface area contributed by atoms with Crippen LogP contribution in [0.4, 0.5) is 0 Å². The molecular formula is C15H17NO2S. The summed E-state index contributed by atoms with van der Waals surface area (Å²) in [6.45, 7) is 5.72. The van der Waals surface area contributed by atoms with Crippen molar-refractivity contribution in [1.82, 2.24) is 0 Å². The Kier molecular flexibility index (Phi) is 4.12. The second kappa shape index (κ2) is 5.63. The summed E-state index contributed by atoms with van der Waals surface area (Å²) >= 11 is -1.23. The van der Waals surface area contributed by atoms with Crippen LogP contribution < -0.4 is 0 Å². The average molecular weight is 275 g/mol. The number of benzene rings is 1. The van der Waals surface area contributed by atoms with Gasteiger partial charge in [0, 0.05) is 5.56 Å². The molecule has 4 heteroatoms. The van der Waals surface area contributed by atoms with Crippen LogP contribution in [0, 0.1) is 0 Å². The molecule has 0 aliphatic rings. The lowest BCUT2D eigenvalue weighted by molar-refractivity contribution is 0.562. The predicted octanol–water partition coefficient (Wildman–Crippen LogP) is 3.83. The van der Waals surface area contributed by atoms with Crippen LogP contribution in [0.25, 0.3) is 11.1 Å². The van der Waals surface area contributed by atoms with E-state index in [9.17, 15) is 4.55 Å². The Hall–Kier alpha value is -1.52. The van der Waals surface area contributed by atoms with Crippen LogP contribution in [-0.2, 0) is 11.4 Å². The smallest absolute Gasteiger partial charge is 0.144 e. The first-order valence-electron chi connectivity index (χ1n) is 6.05. The van der Waals surface area contributed by atoms with E-state index in [1.54, 1.807) is 18.7 Å². The molecule has 1 aromatic heterocycles. The minimum absolute atomic E-state index is 0.335. The maximum atomic E-state index is 11.8. The van der Waals surface area contributed by atoms with Crippen molar-refractivity contribution in [3.8, 4) is 11.1 Å². The molecule has 0 unspecified atom stereocenters. The minimum Gasteiger partial charge on any atom is -0.591 e. The van der Waals surface area contributed by atoms with E-state index in [2.05, 4.69) is 4.40 Å². The van der Waals surface area contributed by atoms with E-state index >= 15 is 0 Å². The first kappa shape index (κ1) is 13.9. The molecular weight excluding hydrogens is 258 g/mol. The van der Waals surface area contributed by atoms with Crippen molar-refractivity contribution in [1.29, 1.82) is 0 Å². The third-order valence-corrected chi connectivity index (χ3v) is 3.91. The van der Waals surface area contributed by atoms with Crippen LogP contribution >= 0.6 is 0 Å². The number of hydrogen-bond acceptors (Lipinski definition) is 3. The second-order valence-corrected chi connectivity index (χ2v) is 7.17. The molecule has 0 saturated carbocycles. The maximum absolute atomic E-state index is 11.8. The Balaban J connectivity index is 2.18. The van der Waals surface area contributed by atoms with Gasteiger partial charge >= 0.3 is 0 Å². The van der Waals surface area contributed by atoms with Crippen molar-refractivity contribution in [3.63, 3.8) is 0 Å². The molecule has 0 aliphatic heterocycles. The van der Waals surface area contributed by atoms with E-state index < -0.39 is 11.4 Å². The van der Waals surface area contributed by atoms with E-state index in [1.165, 1.54) is 0 Å². The second-order valence-electron chi connectivity index (χ2n) is 5.23. The summed E-state index contributed by atoms with van der Waals surface area (Å²) in [6, 6.07) is 9.79. The number of furan rings is 1. The molecule has 0 bridgehead atoms. The maximum Gasteiger partial charge on any atom is 0.144 e. The topological polar surface area (TPSA) is 48.6 Å². The van der Waals surface area contributed by atoms with Gasteiger partial charge < -0.3 is 8.97 Å². The Morgan fingerprint density at radius 3 is 2.63 bits per heavy atom. The molecule has 0 radical (unpaired) electrons. The SMILES string of the molecule is CC(C)(C)[S@@+]([O-])/N=C/c1cccc(-c2ccoc2)c1. The van der Waals surface area contributed by atoms with Gasteiger partial charge in [-0.3, -0.25) is 0 Å². The molecule has 0 saturated heterocycles. The van der Waals surface area contributed by atoms with Gasteiger partial charge in [-0.25, -0.2) is 0 Å². The molecule has 100 valence electrons. The van der Waals surface area contributed by atoms with Gasteiger partial charge in [-0.1, -0.05) is 22.6 Å². The van der Waals surface area contributed by atoms with Crippen molar-refractivity contribution in [2.75, 3.05) is 0 Å². The molecule has 1 aromatic carbocycles. The summed E-state index contributed by atoms with van der Waals surface area (Å²) in [5.74, 6) is 0. The summed E-state index contributed by atoms with van der Waals surface area (Å²) in [5.41, 5.74) is 3.00. The highest BCUT2D eigenvalue weighted by molar-refractivity contribution is 7.91. The molecule has 3 nitrogen and oxygen atoms in total. The Morgan fingerprint density at radius 2 is 2.00 bits per heavy atom. The van der Waals surface area contributed by atoms with Crippen molar-refractivity contribution in [3.05, 3.63) is 48.4 Å². The van der Waals surface area contributed by atoms with E-state index in [-0.39, 0.29) is 4.75 Å². The average Bonchev–Trinajstić information content (AvgIpc) is 2.89. The third kappa shape index (κ3) is 3.72. The lowest BCUT2D eigenvalue weighted by Crippen LogP contribution is -2.25. The van der Waals surface area contributed by atoms with Crippen molar-refractivity contribution in [2.24, 2.45) is 4.40 Å². The predicted molar refractivity (Wildman–Crippen MR) is 79.6 cm³/mol. The first-order valence-corrected chi connectivity index (χ1v) is 7.16. The molecule has 19 heavy (non-hydrogen) atoms. The Bertz CT molecular complexity index is 556. The Morgan fingerprint density at radius 1 is 1.21 bits per heavy atom. The first-order chi connectivity index (χ1) is 8.97. The minimum atomic E-state index is -1.23. The lowest BCUT2D eigenvalue weighted by Gasteiger charge is -2.17. The normalized spacial score (nSPS) is 13.9. The summed E-state index contributed by atoms with van der Waals surface area (Å²) in [6.07, 6.45) is 5.00. The molecule has 0 fully saturated rings. The van der Waals surface area contributed by atoms with Gasteiger partial charge in [-0.05, 0) is 44.0 Å². The van der Waals surface area contributed by atoms with Crippen molar-refractivity contribution < 1.29 is 8.97 Å². The highest BCUT2D eigenvalue weighted by Gasteiger charge is 2.25. The molecule has 2 aromatic rings. The van der Waals surface area contributed by atoms with Crippen LogP contribution in [-0.4, -0.2) is 15.5 Å². The zero-order valence-electron chi connectivity index (χ0n) is 11.3. The standard InChI is InChI=1S/C15H17NO2S/c1-15(2,3)19(17)16-10-12-5-4-6-13(9-12)14-7-8-18-11-14/h4-11H,1-3H3/b16-10+/t19-/m1/s1.